The SMILES string of the molecule is NC1(C(=O)N2CCN(C(=O)c3ccco3)CC2)CC1. The van der Waals surface area contributed by atoms with E-state index in [1.54, 1.807) is 21.9 Å². The molecule has 2 amide bonds. The minimum atomic E-state index is -0.618. The van der Waals surface area contributed by atoms with Crippen LogP contribution < -0.4 is 5.73 Å². The van der Waals surface area contributed by atoms with Gasteiger partial charge >= 0.3 is 0 Å². The van der Waals surface area contributed by atoms with E-state index in [1.807, 2.05) is 0 Å². The van der Waals surface area contributed by atoms with Crippen LogP contribution in [0, 0.1) is 0 Å². The average Bonchev–Trinajstić information content (AvgIpc) is 2.97. The molecule has 6 nitrogen and oxygen atoms in total. The Morgan fingerprint density at radius 2 is 1.79 bits per heavy atom. The molecule has 0 spiro atoms. The first-order valence-corrected chi connectivity index (χ1v) is 6.51. The maximum Gasteiger partial charge on any atom is 0.289 e. The summed E-state index contributed by atoms with van der Waals surface area (Å²) in [4.78, 5) is 27.6. The standard InChI is InChI=1S/C13H17N3O3/c14-13(3-4-13)12(18)16-7-5-15(6-8-16)11(17)10-2-1-9-19-10/h1-2,9H,3-8,14H2. The zero-order valence-corrected chi connectivity index (χ0v) is 10.7. The first-order chi connectivity index (χ1) is 9.10. The summed E-state index contributed by atoms with van der Waals surface area (Å²) < 4.78 is 5.10. The summed E-state index contributed by atoms with van der Waals surface area (Å²) in [5, 5.41) is 0. The molecular weight excluding hydrogens is 246 g/mol. The van der Waals surface area contributed by atoms with E-state index in [0.29, 0.717) is 31.9 Å². The van der Waals surface area contributed by atoms with Gasteiger partial charge in [0.05, 0.1) is 11.8 Å². The number of rotatable bonds is 2. The fourth-order valence-corrected chi connectivity index (χ4v) is 2.33. The quantitative estimate of drug-likeness (QED) is 0.818. The van der Waals surface area contributed by atoms with Crippen LogP contribution in [-0.2, 0) is 4.79 Å². The van der Waals surface area contributed by atoms with Crippen molar-refractivity contribution in [3.63, 3.8) is 0 Å². The lowest BCUT2D eigenvalue weighted by atomic mass is 10.2. The van der Waals surface area contributed by atoms with Crippen molar-refractivity contribution in [2.24, 2.45) is 5.73 Å². The van der Waals surface area contributed by atoms with E-state index in [1.165, 1.54) is 6.26 Å². The fraction of sp³-hybridized carbons (Fsp3) is 0.538. The lowest BCUT2D eigenvalue weighted by Crippen LogP contribution is -2.55. The number of hydrogen-bond acceptors (Lipinski definition) is 4. The number of furan rings is 1. The Bertz CT molecular complexity index is 485. The van der Waals surface area contributed by atoms with Crippen molar-refractivity contribution >= 4 is 11.8 Å². The van der Waals surface area contributed by atoms with E-state index < -0.39 is 5.54 Å². The molecule has 3 rings (SSSR count). The van der Waals surface area contributed by atoms with Gasteiger partial charge in [0.1, 0.15) is 0 Å². The predicted octanol–water partition coefficient (Wildman–Crippen LogP) is 0.0553. The summed E-state index contributed by atoms with van der Waals surface area (Å²) in [5.74, 6) is 0.251. The summed E-state index contributed by atoms with van der Waals surface area (Å²) in [7, 11) is 0. The summed E-state index contributed by atoms with van der Waals surface area (Å²) in [6.07, 6.45) is 3.03. The van der Waals surface area contributed by atoms with Gasteiger partial charge in [-0.3, -0.25) is 9.59 Å². The van der Waals surface area contributed by atoms with E-state index in [-0.39, 0.29) is 11.8 Å². The van der Waals surface area contributed by atoms with E-state index in [2.05, 4.69) is 0 Å². The number of nitrogens with two attached hydrogens (primary N) is 1. The lowest BCUT2D eigenvalue weighted by molar-refractivity contribution is -0.135. The van der Waals surface area contributed by atoms with Crippen LogP contribution in [0.5, 0.6) is 0 Å². The Hall–Kier alpha value is -1.82. The maximum atomic E-state index is 12.1. The molecule has 0 radical (unpaired) electrons. The zero-order valence-electron chi connectivity index (χ0n) is 10.7. The van der Waals surface area contributed by atoms with Gasteiger partial charge in [0.15, 0.2) is 5.76 Å². The Balaban J connectivity index is 1.58. The number of carbonyl (C=O) groups is 2. The van der Waals surface area contributed by atoms with Gasteiger partial charge in [-0.1, -0.05) is 0 Å². The summed E-state index contributed by atoms with van der Waals surface area (Å²) in [6.45, 7) is 2.15. The van der Waals surface area contributed by atoms with Gasteiger partial charge in [-0.2, -0.15) is 0 Å². The van der Waals surface area contributed by atoms with Gasteiger partial charge in [0.2, 0.25) is 5.91 Å². The monoisotopic (exact) mass is 263 g/mol. The average molecular weight is 263 g/mol. The molecule has 2 N–H and O–H groups in total. The van der Waals surface area contributed by atoms with Crippen molar-refractivity contribution in [1.29, 1.82) is 0 Å². The second kappa shape index (κ2) is 4.38. The third-order valence-electron chi connectivity index (χ3n) is 3.80. The van der Waals surface area contributed by atoms with Crippen molar-refractivity contribution in [2.75, 3.05) is 26.2 Å². The van der Waals surface area contributed by atoms with Crippen LogP contribution in [0.1, 0.15) is 23.4 Å². The second-order valence-electron chi connectivity index (χ2n) is 5.22. The smallest absolute Gasteiger partial charge is 0.289 e. The molecule has 1 aromatic heterocycles. The Labute approximate surface area is 111 Å². The highest BCUT2D eigenvalue weighted by Gasteiger charge is 2.48. The van der Waals surface area contributed by atoms with Gasteiger partial charge in [-0.15, -0.1) is 0 Å². The number of amides is 2. The number of hydrogen-bond donors (Lipinski definition) is 1. The van der Waals surface area contributed by atoms with E-state index >= 15 is 0 Å². The molecule has 0 aromatic carbocycles. The molecule has 0 unspecified atom stereocenters. The molecule has 6 heteroatoms. The molecule has 1 saturated carbocycles. The summed E-state index contributed by atoms with van der Waals surface area (Å²) in [5.41, 5.74) is 5.29. The van der Waals surface area contributed by atoms with Crippen LogP contribution in [0.4, 0.5) is 0 Å². The van der Waals surface area contributed by atoms with Gasteiger partial charge in [-0.25, -0.2) is 0 Å². The van der Waals surface area contributed by atoms with Crippen molar-refractivity contribution in [3.05, 3.63) is 24.2 Å². The molecule has 1 saturated heterocycles. The molecular formula is C13H17N3O3. The van der Waals surface area contributed by atoms with Crippen molar-refractivity contribution < 1.29 is 14.0 Å². The van der Waals surface area contributed by atoms with Crippen LogP contribution in [0.2, 0.25) is 0 Å². The second-order valence-corrected chi connectivity index (χ2v) is 5.22. The first-order valence-electron chi connectivity index (χ1n) is 6.51. The Morgan fingerprint density at radius 3 is 2.32 bits per heavy atom. The van der Waals surface area contributed by atoms with Crippen molar-refractivity contribution in [1.82, 2.24) is 9.80 Å². The number of piperazine rings is 1. The molecule has 2 fully saturated rings. The van der Waals surface area contributed by atoms with E-state index in [0.717, 1.165) is 12.8 Å². The zero-order chi connectivity index (χ0) is 13.5. The van der Waals surface area contributed by atoms with Crippen molar-refractivity contribution in [2.45, 2.75) is 18.4 Å². The predicted molar refractivity (Wildman–Crippen MR) is 67.3 cm³/mol. The molecule has 2 aliphatic rings. The lowest BCUT2D eigenvalue weighted by Gasteiger charge is -2.35. The molecule has 1 aliphatic carbocycles. The van der Waals surface area contributed by atoms with Gasteiger partial charge in [-0.05, 0) is 25.0 Å². The van der Waals surface area contributed by atoms with E-state index in [9.17, 15) is 9.59 Å². The third-order valence-corrected chi connectivity index (χ3v) is 3.80. The molecule has 0 atom stereocenters. The number of carbonyl (C=O) groups excluding carboxylic acids is 2. The maximum absolute atomic E-state index is 12.1. The van der Waals surface area contributed by atoms with Crippen LogP contribution in [0.3, 0.4) is 0 Å². The fourth-order valence-electron chi connectivity index (χ4n) is 2.33. The van der Waals surface area contributed by atoms with Crippen LogP contribution >= 0.6 is 0 Å². The van der Waals surface area contributed by atoms with Gasteiger partial charge in [0.25, 0.3) is 5.91 Å². The van der Waals surface area contributed by atoms with Gasteiger partial charge in [0, 0.05) is 26.2 Å². The molecule has 1 aromatic rings. The first kappa shape index (κ1) is 12.2. The van der Waals surface area contributed by atoms with Crippen LogP contribution in [0.25, 0.3) is 0 Å². The van der Waals surface area contributed by atoms with Crippen molar-refractivity contribution in [3.8, 4) is 0 Å². The summed E-state index contributed by atoms with van der Waals surface area (Å²) >= 11 is 0. The van der Waals surface area contributed by atoms with Gasteiger partial charge < -0.3 is 20.0 Å². The Morgan fingerprint density at radius 1 is 1.16 bits per heavy atom. The molecule has 0 bridgehead atoms. The normalized spacial score (nSPS) is 21.3. The topological polar surface area (TPSA) is 79.8 Å². The number of nitrogens with zero attached hydrogens (tertiary/aromatic N) is 2. The summed E-state index contributed by atoms with van der Waals surface area (Å²) in [6, 6.07) is 3.34. The largest absolute Gasteiger partial charge is 0.459 e. The minimum Gasteiger partial charge on any atom is -0.459 e. The highest BCUT2D eigenvalue weighted by Crippen LogP contribution is 2.34. The highest BCUT2D eigenvalue weighted by atomic mass is 16.3. The third kappa shape index (κ3) is 2.23. The van der Waals surface area contributed by atoms with Crippen LogP contribution in [-0.4, -0.2) is 53.3 Å². The highest BCUT2D eigenvalue weighted by molar-refractivity contribution is 5.92. The minimum absolute atomic E-state index is 0.0256. The molecule has 19 heavy (non-hydrogen) atoms. The molecule has 1 aliphatic heterocycles. The molecule has 2 heterocycles. The van der Waals surface area contributed by atoms with E-state index in [4.69, 9.17) is 10.2 Å². The van der Waals surface area contributed by atoms with Crippen LogP contribution in [0.15, 0.2) is 22.8 Å². The molecule has 102 valence electrons. The Kier molecular flexibility index (Phi) is 2.82.